The van der Waals surface area contributed by atoms with Crippen LogP contribution in [-0.4, -0.2) is 11.0 Å². The van der Waals surface area contributed by atoms with Gasteiger partial charge in [0.1, 0.15) is 5.01 Å². The van der Waals surface area contributed by atoms with Crippen molar-refractivity contribution in [3.05, 3.63) is 35.8 Å². The average molecular weight is 286 g/mol. The Labute approximate surface area is 125 Å². The molecule has 3 rings (SSSR count). The zero-order valence-electron chi connectivity index (χ0n) is 11.8. The zero-order valence-corrected chi connectivity index (χ0v) is 12.7. The summed E-state index contributed by atoms with van der Waals surface area (Å²) in [4.78, 5) is 4.39. The summed E-state index contributed by atoms with van der Waals surface area (Å²) in [6.45, 7) is 0. The Balaban J connectivity index is 1.69. The highest BCUT2D eigenvalue weighted by Gasteiger charge is 2.11. The predicted octanol–water partition coefficient (Wildman–Crippen LogP) is 5.33. The van der Waals surface area contributed by atoms with E-state index in [-0.39, 0.29) is 0 Å². The normalized spacial score (nSPS) is 17.4. The molecule has 106 valence electrons. The van der Waals surface area contributed by atoms with Crippen LogP contribution in [0.25, 0.3) is 10.6 Å². The molecule has 1 saturated carbocycles. The lowest BCUT2D eigenvalue weighted by Gasteiger charge is -2.22. The third-order valence-electron chi connectivity index (χ3n) is 4.02. The number of anilines is 1. The molecule has 1 aliphatic carbocycles. The Morgan fingerprint density at radius 1 is 1.05 bits per heavy atom. The fourth-order valence-electron chi connectivity index (χ4n) is 2.94. The number of hydrogen-bond acceptors (Lipinski definition) is 3. The van der Waals surface area contributed by atoms with Crippen LogP contribution in [0.3, 0.4) is 0 Å². The number of hydrogen-bond donors (Lipinski definition) is 1. The van der Waals surface area contributed by atoms with Gasteiger partial charge in [0.15, 0.2) is 0 Å². The van der Waals surface area contributed by atoms with Gasteiger partial charge in [-0.15, -0.1) is 11.3 Å². The Kier molecular flexibility index (Phi) is 4.69. The highest BCUT2D eigenvalue weighted by Crippen LogP contribution is 2.26. The molecule has 20 heavy (non-hydrogen) atoms. The quantitative estimate of drug-likeness (QED) is 0.824. The lowest BCUT2D eigenvalue weighted by molar-refractivity contribution is 0.471. The van der Waals surface area contributed by atoms with E-state index in [0.717, 1.165) is 5.01 Å². The maximum Gasteiger partial charge on any atom is 0.123 e. The molecule has 0 amide bonds. The van der Waals surface area contributed by atoms with Gasteiger partial charge in [0.2, 0.25) is 0 Å². The first-order chi connectivity index (χ1) is 9.92. The van der Waals surface area contributed by atoms with Gasteiger partial charge in [-0.3, -0.25) is 0 Å². The second-order valence-corrected chi connectivity index (χ2v) is 6.50. The van der Waals surface area contributed by atoms with Crippen molar-refractivity contribution >= 4 is 17.0 Å². The SMILES string of the molecule is c1cc(NC2CCCCCCC2)cc(-c2nccs2)c1. The molecule has 1 aliphatic rings. The van der Waals surface area contributed by atoms with E-state index in [1.807, 2.05) is 11.6 Å². The summed E-state index contributed by atoms with van der Waals surface area (Å²) in [6, 6.07) is 9.32. The molecule has 1 fully saturated rings. The first-order valence-corrected chi connectivity index (χ1v) is 8.56. The van der Waals surface area contributed by atoms with Crippen molar-refractivity contribution in [3.8, 4) is 10.6 Å². The van der Waals surface area contributed by atoms with Gasteiger partial charge in [-0.25, -0.2) is 4.98 Å². The summed E-state index contributed by atoms with van der Waals surface area (Å²) in [5.74, 6) is 0. The number of thiazole rings is 1. The maximum absolute atomic E-state index is 4.39. The second kappa shape index (κ2) is 6.89. The van der Waals surface area contributed by atoms with Crippen molar-refractivity contribution in [1.82, 2.24) is 4.98 Å². The van der Waals surface area contributed by atoms with Crippen LogP contribution in [0.5, 0.6) is 0 Å². The fourth-order valence-corrected chi connectivity index (χ4v) is 3.58. The van der Waals surface area contributed by atoms with Crippen LogP contribution >= 0.6 is 11.3 Å². The third-order valence-corrected chi connectivity index (χ3v) is 4.84. The first-order valence-electron chi connectivity index (χ1n) is 7.68. The second-order valence-electron chi connectivity index (χ2n) is 5.60. The van der Waals surface area contributed by atoms with E-state index in [2.05, 4.69) is 34.6 Å². The summed E-state index contributed by atoms with van der Waals surface area (Å²) < 4.78 is 0. The lowest BCUT2D eigenvalue weighted by Crippen LogP contribution is -2.20. The van der Waals surface area contributed by atoms with Gasteiger partial charge in [-0.05, 0) is 25.0 Å². The van der Waals surface area contributed by atoms with E-state index in [9.17, 15) is 0 Å². The summed E-state index contributed by atoms with van der Waals surface area (Å²) >= 11 is 1.70. The van der Waals surface area contributed by atoms with Crippen LogP contribution < -0.4 is 5.32 Å². The molecule has 0 radical (unpaired) electrons. The molecular formula is C17H22N2S. The van der Waals surface area contributed by atoms with Crippen molar-refractivity contribution in [1.29, 1.82) is 0 Å². The molecule has 1 N–H and O–H groups in total. The van der Waals surface area contributed by atoms with Gasteiger partial charge < -0.3 is 5.32 Å². The van der Waals surface area contributed by atoms with Crippen LogP contribution in [0, 0.1) is 0 Å². The summed E-state index contributed by atoms with van der Waals surface area (Å²) in [5, 5.41) is 6.86. The number of aromatic nitrogens is 1. The molecular weight excluding hydrogens is 264 g/mol. The van der Waals surface area contributed by atoms with Crippen molar-refractivity contribution in [2.75, 3.05) is 5.32 Å². The zero-order chi connectivity index (χ0) is 13.6. The molecule has 2 aromatic rings. The minimum Gasteiger partial charge on any atom is -0.382 e. The summed E-state index contributed by atoms with van der Waals surface area (Å²) in [5.41, 5.74) is 2.46. The van der Waals surface area contributed by atoms with Crippen LogP contribution in [0.4, 0.5) is 5.69 Å². The van der Waals surface area contributed by atoms with Crippen LogP contribution in [0.2, 0.25) is 0 Å². The Morgan fingerprint density at radius 3 is 2.60 bits per heavy atom. The molecule has 3 heteroatoms. The molecule has 2 nitrogen and oxygen atoms in total. The van der Waals surface area contributed by atoms with E-state index < -0.39 is 0 Å². The van der Waals surface area contributed by atoms with E-state index in [0.29, 0.717) is 6.04 Å². The van der Waals surface area contributed by atoms with Gasteiger partial charge in [0, 0.05) is 28.9 Å². The molecule has 1 aromatic heterocycles. The monoisotopic (exact) mass is 286 g/mol. The van der Waals surface area contributed by atoms with E-state index >= 15 is 0 Å². The van der Waals surface area contributed by atoms with E-state index in [1.54, 1.807) is 11.3 Å². The average Bonchev–Trinajstić information content (AvgIpc) is 2.96. The lowest BCUT2D eigenvalue weighted by atomic mass is 9.96. The molecule has 0 spiro atoms. The highest BCUT2D eigenvalue weighted by atomic mass is 32.1. The van der Waals surface area contributed by atoms with Crippen molar-refractivity contribution in [2.45, 2.75) is 51.0 Å². The Hall–Kier alpha value is -1.35. The minimum atomic E-state index is 0.641. The highest BCUT2D eigenvalue weighted by molar-refractivity contribution is 7.13. The molecule has 0 unspecified atom stereocenters. The minimum absolute atomic E-state index is 0.641. The molecule has 0 aliphatic heterocycles. The fraction of sp³-hybridized carbons (Fsp3) is 0.471. The van der Waals surface area contributed by atoms with Gasteiger partial charge in [0.25, 0.3) is 0 Å². The molecule has 1 heterocycles. The standard InChI is InChI=1S/C17H22N2S/c1-2-4-8-15(9-5-3-1)19-16-10-6-7-14(13-16)17-18-11-12-20-17/h6-7,10-13,15,19H,1-5,8-9H2. The smallest absolute Gasteiger partial charge is 0.123 e. The van der Waals surface area contributed by atoms with Gasteiger partial charge in [-0.1, -0.05) is 44.2 Å². The van der Waals surface area contributed by atoms with E-state index in [4.69, 9.17) is 0 Å². The number of nitrogens with zero attached hydrogens (tertiary/aromatic N) is 1. The Bertz CT molecular complexity index is 514. The number of rotatable bonds is 3. The molecule has 1 aromatic carbocycles. The third kappa shape index (κ3) is 3.60. The van der Waals surface area contributed by atoms with Crippen molar-refractivity contribution in [3.63, 3.8) is 0 Å². The maximum atomic E-state index is 4.39. The predicted molar refractivity (Wildman–Crippen MR) is 87.3 cm³/mol. The Morgan fingerprint density at radius 2 is 1.85 bits per heavy atom. The van der Waals surface area contributed by atoms with Crippen LogP contribution in [0.15, 0.2) is 35.8 Å². The van der Waals surface area contributed by atoms with Gasteiger partial charge in [0.05, 0.1) is 0 Å². The summed E-state index contributed by atoms with van der Waals surface area (Å²) in [7, 11) is 0. The molecule has 0 bridgehead atoms. The van der Waals surface area contributed by atoms with Crippen molar-refractivity contribution in [2.24, 2.45) is 0 Å². The van der Waals surface area contributed by atoms with Crippen molar-refractivity contribution < 1.29 is 0 Å². The number of nitrogens with one attached hydrogen (secondary N) is 1. The largest absolute Gasteiger partial charge is 0.382 e. The first kappa shape index (κ1) is 13.6. The topological polar surface area (TPSA) is 24.9 Å². The molecule has 0 atom stereocenters. The van der Waals surface area contributed by atoms with Gasteiger partial charge >= 0.3 is 0 Å². The summed E-state index contributed by atoms with van der Waals surface area (Å²) in [6.07, 6.45) is 11.4. The van der Waals surface area contributed by atoms with Crippen LogP contribution in [0.1, 0.15) is 44.9 Å². The number of benzene rings is 1. The van der Waals surface area contributed by atoms with Gasteiger partial charge in [-0.2, -0.15) is 0 Å². The van der Waals surface area contributed by atoms with E-state index in [1.165, 1.54) is 56.2 Å². The molecule has 0 saturated heterocycles. The van der Waals surface area contributed by atoms with Crippen LogP contribution in [-0.2, 0) is 0 Å².